The second-order valence-corrected chi connectivity index (χ2v) is 31.6. The number of ether oxygens (including phenoxy) is 4. The summed E-state index contributed by atoms with van der Waals surface area (Å²) >= 11 is 0. The molecule has 7 atom stereocenters. The summed E-state index contributed by atoms with van der Waals surface area (Å²) in [7, 11) is -9.93. The molecule has 578 valence electrons. The SMILES string of the molecule is CCCCCC/C=C\C=C/CCCCCCCC(=O)OC[C@H](COP(=O)(O)OC[C@@H](O)COP(=O)(O)OC[C@@H](COC(=O)CCCCCCCCCCC(C)CC)OC(=O)CCCCCCCCCCCCC(C)C)OC(=O)CCCCCCCCCCCCCCCCC(C)CC. The van der Waals surface area contributed by atoms with Gasteiger partial charge in [-0.25, -0.2) is 9.13 Å². The van der Waals surface area contributed by atoms with Gasteiger partial charge in [0.05, 0.1) is 26.4 Å². The zero-order valence-electron chi connectivity index (χ0n) is 63.7. The number of rotatable bonds is 75. The molecule has 0 radical (unpaired) electrons. The van der Waals surface area contributed by atoms with Gasteiger partial charge in [0, 0.05) is 25.7 Å². The first-order valence-electron chi connectivity index (χ1n) is 40.2. The fraction of sp³-hybridized carbons (Fsp3) is 0.899. The van der Waals surface area contributed by atoms with E-state index in [0.717, 1.165) is 127 Å². The first-order chi connectivity index (χ1) is 47.3. The summed E-state index contributed by atoms with van der Waals surface area (Å²) in [5.74, 6) is 0.226. The molecule has 17 nitrogen and oxygen atoms in total. The van der Waals surface area contributed by atoms with Crippen LogP contribution in [0.4, 0.5) is 0 Å². The van der Waals surface area contributed by atoms with E-state index in [4.69, 9.17) is 37.0 Å². The Kier molecular flexibility index (Phi) is 67.2. The van der Waals surface area contributed by atoms with Gasteiger partial charge in [0.2, 0.25) is 0 Å². The maximum atomic E-state index is 13.1. The van der Waals surface area contributed by atoms with Crippen LogP contribution in [-0.2, 0) is 65.4 Å². The zero-order chi connectivity index (χ0) is 72.3. The molecule has 0 aliphatic heterocycles. The highest BCUT2D eigenvalue weighted by Crippen LogP contribution is 2.45. The van der Waals surface area contributed by atoms with E-state index in [0.29, 0.717) is 25.7 Å². The van der Waals surface area contributed by atoms with Crippen LogP contribution >= 0.6 is 15.6 Å². The van der Waals surface area contributed by atoms with Gasteiger partial charge in [-0.05, 0) is 69.1 Å². The van der Waals surface area contributed by atoms with Crippen molar-refractivity contribution in [3.63, 3.8) is 0 Å². The van der Waals surface area contributed by atoms with Gasteiger partial charge in [0.25, 0.3) is 0 Å². The van der Waals surface area contributed by atoms with Gasteiger partial charge in [0.15, 0.2) is 12.2 Å². The molecule has 0 aromatic carbocycles. The van der Waals surface area contributed by atoms with E-state index in [-0.39, 0.29) is 25.7 Å². The molecule has 0 saturated carbocycles. The number of hydrogen-bond acceptors (Lipinski definition) is 15. The molecule has 0 amide bonds. The van der Waals surface area contributed by atoms with Gasteiger partial charge in [-0.3, -0.25) is 37.3 Å². The van der Waals surface area contributed by atoms with E-state index in [1.807, 2.05) is 0 Å². The summed E-state index contributed by atoms with van der Waals surface area (Å²) in [6.45, 7) is 11.9. The van der Waals surface area contributed by atoms with Crippen molar-refractivity contribution in [1.29, 1.82) is 0 Å². The summed E-state index contributed by atoms with van der Waals surface area (Å²) in [4.78, 5) is 72.9. The molecule has 19 heteroatoms. The van der Waals surface area contributed by atoms with Gasteiger partial charge < -0.3 is 33.8 Å². The third-order valence-corrected chi connectivity index (χ3v) is 20.4. The highest BCUT2D eigenvalue weighted by atomic mass is 31.2. The largest absolute Gasteiger partial charge is 0.472 e. The van der Waals surface area contributed by atoms with Gasteiger partial charge in [-0.15, -0.1) is 0 Å². The maximum Gasteiger partial charge on any atom is 0.472 e. The highest BCUT2D eigenvalue weighted by molar-refractivity contribution is 7.47. The third kappa shape index (κ3) is 69.3. The number of carbonyl (C=O) groups is 4. The normalized spacial score (nSPS) is 14.7. The van der Waals surface area contributed by atoms with Crippen LogP contribution in [0.3, 0.4) is 0 Å². The topological polar surface area (TPSA) is 237 Å². The molecule has 0 bridgehead atoms. The first-order valence-corrected chi connectivity index (χ1v) is 43.2. The molecule has 0 aliphatic carbocycles. The predicted molar refractivity (Wildman–Crippen MR) is 400 cm³/mol. The molecule has 0 aromatic rings. The summed E-state index contributed by atoms with van der Waals surface area (Å²) in [5, 5.41) is 10.6. The fourth-order valence-corrected chi connectivity index (χ4v) is 13.1. The smallest absolute Gasteiger partial charge is 0.462 e. The minimum Gasteiger partial charge on any atom is -0.462 e. The quantitative estimate of drug-likeness (QED) is 0.0169. The standard InChI is InChI=1S/C79H150O17P2/c1-8-11-12-13-14-15-16-17-18-22-25-31-39-46-53-60-76(81)89-66-74(95-78(83)62-55-48-41-32-26-23-20-19-21-24-30-37-44-51-58-71(6)9-2)68-93-97(85,86)91-64-73(80)65-92-98(87,88)94-69-75(67-90-77(82)61-54-47-40-35-34-38-45-52-59-72(7)10-3)96-79(84)63-56-49-42-33-28-27-29-36-43-50-57-70(4)5/h15-18,70-75,80H,8-14,19-69H2,1-7H3,(H,85,86)(H,87,88)/b16-15-,18-17-/t71?,72?,73-,74-,75-/m1/s1. The molecule has 98 heavy (non-hydrogen) atoms. The summed E-state index contributed by atoms with van der Waals surface area (Å²) in [6, 6.07) is 0. The van der Waals surface area contributed by atoms with Gasteiger partial charge in [-0.1, -0.05) is 330 Å². The van der Waals surface area contributed by atoms with Crippen molar-refractivity contribution in [1.82, 2.24) is 0 Å². The van der Waals surface area contributed by atoms with Crippen LogP contribution in [0.1, 0.15) is 382 Å². The number of unbranched alkanes of at least 4 members (excludes halogenated alkanes) is 38. The Hall–Kier alpha value is -2.46. The summed E-state index contributed by atoms with van der Waals surface area (Å²) in [5.41, 5.74) is 0. The third-order valence-electron chi connectivity index (χ3n) is 18.5. The van der Waals surface area contributed by atoms with Crippen LogP contribution in [0, 0.1) is 17.8 Å². The van der Waals surface area contributed by atoms with Crippen molar-refractivity contribution < 1.29 is 80.2 Å². The Balaban J connectivity index is 5.30. The van der Waals surface area contributed by atoms with Gasteiger partial charge in [-0.2, -0.15) is 0 Å². The maximum absolute atomic E-state index is 13.1. The fourth-order valence-electron chi connectivity index (χ4n) is 11.5. The van der Waals surface area contributed by atoms with Crippen LogP contribution in [0.2, 0.25) is 0 Å². The number of hydrogen-bond donors (Lipinski definition) is 3. The molecule has 0 aliphatic rings. The average molecular weight is 1430 g/mol. The van der Waals surface area contributed by atoms with Crippen LogP contribution in [0.5, 0.6) is 0 Å². The van der Waals surface area contributed by atoms with Crippen molar-refractivity contribution >= 4 is 39.5 Å². The molecule has 0 rings (SSSR count). The van der Waals surface area contributed by atoms with E-state index in [2.05, 4.69) is 72.8 Å². The molecule has 3 N–H and O–H groups in total. The van der Waals surface area contributed by atoms with Crippen LogP contribution in [-0.4, -0.2) is 96.7 Å². The van der Waals surface area contributed by atoms with Crippen molar-refractivity contribution in [2.24, 2.45) is 17.8 Å². The van der Waals surface area contributed by atoms with Crippen molar-refractivity contribution in [2.75, 3.05) is 39.6 Å². The second kappa shape index (κ2) is 68.9. The van der Waals surface area contributed by atoms with Crippen LogP contribution in [0.25, 0.3) is 0 Å². The van der Waals surface area contributed by atoms with Gasteiger partial charge >= 0.3 is 39.5 Å². The van der Waals surface area contributed by atoms with Crippen molar-refractivity contribution in [3.8, 4) is 0 Å². The van der Waals surface area contributed by atoms with E-state index >= 15 is 0 Å². The Morgan fingerprint density at radius 2 is 0.602 bits per heavy atom. The molecule has 4 unspecified atom stereocenters. The lowest BCUT2D eigenvalue weighted by Gasteiger charge is -2.21. The van der Waals surface area contributed by atoms with E-state index < -0.39 is 97.5 Å². The number of aliphatic hydroxyl groups excluding tert-OH is 1. The van der Waals surface area contributed by atoms with E-state index in [1.54, 1.807) is 0 Å². The molecule has 0 spiro atoms. The Morgan fingerprint density at radius 3 is 0.908 bits per heavy atom. The Labute approximate surface area is 599 Å². The number of phosphoric ester groups is 2. The molecule has 0 fully saturated rings. The minimum atomic E-state index is -4.97. The summed E-state index contributed by atoms with van der Waals surface area (Å²) < 4.78 is 68.6. The van der Waals surface area contributed by atoms with Gasteiger partial charge in [0.1, 0.15) is 19.3 Å². The lowest BCUT2D eigenvalue weighted by atomic mass is 9.99. The average Bonchev–Trinajstić information content (AvgIpc) is 1.15. The predicted octanol–water partition coefficient (Wildman–Crippen LogP) is 22.9. The van der Waals surface area contributed by atoms with Crippen molar-refractivity contribution in [3.05, 3.63) is 24.3 Å². The Morgan fingerprint density at radius 1 is 0.337 bits per heavy atom. The van der Waals surface area contributed by atoms with E-state index in [9.17, 15) is 43.2 Å². The lowest BCUT2D eigenvalue weighted by molar-refractivity contribution is -0.161. The number of phosphoric acid groups is 2. The number of aliphatic hydroxyl groups is 1. The van der Waals surface area contributed by atoms with Crippen LogP contribution in [0.15, 0.2) is 24.3 Å². The molecule has 0 saturated heterocycles. The number of allylic oxidation sites excluding steroid dienone is 4. The monoisotopic (exact) mass is 1430 g/mol. The number of esters is 4. The van der Waals surface area contributed by atoms with E-state index in [1.165, 1.54) is 173 Å². The molecule has 0 aromatic heterocycles. The summed E-state index contributed by atoms with van der Waals surface area (Å²) in [6.07, 6.45) is 58.9. The Bertz CT molecular complexity index is 2000. The highest BCUT2D eigenvalue weighted by Gasteiger charge is 2.30. The second-order valence-electron chi connectivity index (χ2n) is 28.7. The number of carbonyl (C=O) groups excluding carboxylic acids is 4. The molecular weight excluding hydrogens is 1280 g/mol. The van der Waals surface area contributed by atoms with Crippen molar-refractivity contribution in [2.45, 2.75) is 401 Å². The molecular formula is C79H150O17P2. The minimum absolute atomic E-state index is 0.100. The van der Waals surface area contributed by atoms with Crippen LogP contribution < -0.4 is 0 Å². The lowest BCUT2D eigenvalue weighted by Crippen LogP contribution is -2.30. The zero-order valence-corrected chi connectivity index (χ0v) is 65.5. The molecule has 0 heterocycles. The first kappa shape index (κ1) is 95.5.